The molecule has 1 aromatic carbocycles. The molecule has 0 saturated carbocycles. The molecule has 6 heteroatoms. The van der Waals surface area contributed by atoms with Crippen LogP contribution in [0.15, 0.2) is 30.3 Å². The SMILES string of the molecule is COC(=O)C(C)C(NC(=O)CCC(C)N)c1ccccc1.Cl. The molecule has 0 saturated heterocycles. The van der Waals surface area contributed by atoms with Crippen LogP contribution < -0.4 is 11.1 Å². The molecule has 5 nitrogen and oxygen atoms in total. The standard InChI is InChI=1S/C16H24N2O3.ClH/c1-11(17)9-10-14(19)18-15(12(2)16(20)21-3)13-7-5-4-6-8-13;/h4-8,11-12,15H,9-10,17H2,1-3H3,(H,18,19);1H. The number of benzene rings is 1. The predicted molar refractivity (Wildman–Crippen MR) is 88.6 cm³/mol. The van der Waals surface area contributed by atoms with Gasteiger partial charge in [0.25, 0.3) is 0 Å². The summed E-state index contributed by atoms with van der Waals surface area (Å²) in [7, 11) is 1.35. The lowest BCUT2D eigenvalue weighted by Gasteiger charge is -2.24. The Labute approximate surface area is 138 Å². The number of nitrogens with two attached hydrogens (primary N) is 1. The van der Waals surface area contributed by atoms with Gasteiger partial charge in [-0.1, -0.05) is 30.3 Å². The van der Waals surface area contributed by atoms with Gasteiger partial charge in [-0.25, -0.2) is 0 Å². The summed E-state index contributed by atoms with van der Waals surface area (Å²) in [6.45, 7) is 3.61. The summed E-state index contributed by atoms with van der Waals surface area (Å²) in [5.74, 6) is -0.926. The number of ether oxygens (including phenoxy) is 1. The first-order valence-corrected chi connectivity index (χ1v) is 7.13. The molecule has 0 bridgehead atoms. The smallest absolute Gasteiger partial charge is 0.310 e. The monoisotopic (exact) mass is 328 g/mol. The van der Waals surface area contributed by atoms with Gasteiger partial charge in [-0.05, 0) is 25.8 Å². The van der Waals surface area contributed by atoms with Crippen LogP contribution >= 0.6 is 12.4 Å². The van der Waals surface area contributed by atoms with Crippen LogP contribution in [0.4, 0.5) is 0 Å². The molecule has 1 rings (SSSR count). The third-order valence-electron chi connectivity index (χ3n) is 3.37. The first-order valence-electron chi connectivity index (χ1n) is 7.13. The van der Waals surface area contributed by atoms with E-state index >= 15 is 0 Å². The second kappa shape index (κ2) is 10.2. The lowest BCUT2D eigenvalue weighted by atomic mass is 9.94. The van der Waals surface area contributed by atoms with Gasteiger partial charge >= 0.3 is 5.97 Å². The molecule has 3 unspecified atom stereocenters. The number of carbonyl (C=O) groups excluding carboxylic acids is 2. The average molecular weight is 329 g/mol. The Kier molecular flexibility index (Phi) is 9.45. The Bertz CT molecular complexity index is 466. The molecule has 0 spiro atoms. The molecule has 1 aromatic rings. The summed E-state index contributed by atoms with van der Waals surface area (Å²) >= 11 is 0. The number of hydrogen-bond acceptors (Lipinski definition) is 4. The zero-order valence-electron chi connectivity index (χ0n) is 13.2. The second-order valence-electron chi connectivity index (χ2n) is 5.28. The molecule has 0 aliphatic rings. The van der Waals surface area contributed by atoms with Crippen molar-refractivity contribution in [3.05, 3.63) is 35.9 Å². The van der Waals surface area contributed by atoms with E-state index in [1.807, 2.05) is 37.3 Å². The maximum absolute atomic E-state index is 12.0. The zero-order chi connectivity index (χ0) is 15.8. The summed E-state index contributed by atoms with van der Waals surface area (Å²) in [6, 6.07) is 8.98. The van der Waals surface area contributed by atoms with Crippen molar-refractivity contribution < 1.29 is 14.3 Å². The van der Waals surface area contributed by atoms with E-state index in [0.29, 0.717) is 12.8 Å². The minimum absolute atomic E-state index is 0. The van der Waals surface area contributed by atoms with Crippen LogP contribution in [0.3, 0.4) is 0 Å². The van der Waals surface area contributed by atoms with Crippen molar-refractivity contribution in [2.75, 3.05) is 7.11 Å². The van der Waals surface area contributed by atoms with Gasteiger partial charge in [-0.2, -0.15) is 0 Å². The van der Waals surface area contributed by atoms with E-state index in [-0.39, 0.29) is 30.3 Å². The highest BCUT2D eigenvalue weighted by atomic mass is 35.5. The molecule has 0 radical (unpaired) electrons. The summed E-state index contributed by atoms with van der Waals surface area (Å²) in [4.78, 5) is 23.8. The fourth-order valence-electron chi connectivity index (χ4n) is 2.08. The number of carbonyl (C=O) groups is 2. The van der Waals surface area contributed by atoms with Crippen molar-refractivity contribution in [1.29, 1.82) is 0 Å². The predicted octanol–water partition coefficient (Wildman–Crippen LogP) is 2.20. The third-order valence-corrected chi connectivity index (χ3v) is 3.37. The Balaban J connectivity index is 0.00000441. The van der Waals surface area contributed by atoms with E-state index in [0.717, 1.165) is 5.56 Å². The van der Waals surface area contributed by atoms with Gasteiger partial charge in [0.1, 0.15) is 0 Å². The van der Waals surface area contributed by atoms with Crippen molar-refractivity contribution in [3.8, 4) is 0 Å². The molecule has 22 heavy (non-hydrogen) atoms. The number of rotatable bonds is 7. The van der Waals surface area contributed by atoms with E-state index in [2.05, 4.69) is 5.32 Å². The van der Waals surface area contributed by atoms with Crippen molar-refractivity contribution >= 4 is 24.3 Å². The molecule has 3 N–H and O–H groups in total. The van der Waals surface area contributed by atoms with E-state index < -0.39 is 12.0 Å². The van der Waals surface area contributed by atoms with Crippen LogP contribution in [-0.4, -0.2) is 25.0 Å². The first kappa shape index (κ1) is 20.4. The van der Waals surface area contributed by atoms with E-state index in [9.17, 15) is 9.59 Å². The second-order valence-corrected chi connectivity index (χ2v) is 5.28. The number of amides is 1. The first-order chi connectivity index (χ1) is 9.95. The Morgan fingerprint density at radius 3 is 2.32 bits per heavy atom. The highest BCUT2D eigenvalue weighted by molar-refractivity contribution is 5.85. The van der Waals surface area contributed by atoms with E-state index in [1.54, 1.807) is 6.92 Å². The lowest BCUT2D eigenvalue weighted by molar-refractivity contribution is -0.146. The van der Waals surface area contributed by atoms with Crippen LogP contribution in [0.2, 0.25) is 0 Å². The topological polar surface area (TPSA) is 81.4 Å². The van der Waals surface area contributed by atoms with E-state index in [1.165, 1.54) is 7.11 Å². The van der Waals surface area contributed by atoms with E-state index in [4.69, 9.17) is 10.5 Å². The van der Waals surface area contributed by atoms with Crippen LogP contribution in [0, 0.1) is 5.92 Å². The van der Waals surface area contributed by atoms with Gasteiger partial charge in [0, 0.05) is 12.5 Å². The minimum Gasteiger partial charge on any atom is -0.469 e. The molecular formula is C16H25ClN2O3. The molecule has 0 aliphatic carbocycles. The zero-order valence-corrected chi connectivity index (χ0v) is 14.1. The number of nitrogens with one attached hydrogen (secondary N) is 1. The molecular weight excluding hydrogens is 304 g/mol. The summed E-state index contributed by atoms with van der Waals surface area (Å²) in [5, 5.41) is 2.91. The third kappa shape index (κ3) is 6.45. The van der Waals surface area contributed by atoms with Crippen molar-refractivity contribution in [1.82, 2.24) is 5.32 Å². The van der Waals surface area contributed by atoms with Gasteiger partial charge < -0.3 is 15.8 Å². The Morgan fingerprint density at radius 2 is 1.82 bits per heavy atom. The number of esters is 1. The van der Waals surface area contributed by atoms with Crippen LogP contribution in [-0.2, 0) is 14.3 Å². The van der Waals surface area contributed by atoms with Crippen molar-refractivity contribution in [2.45, 2.75) is 38.8 Å². The number of methoxy groups -OCH3 is 1. The molecule has 0 aliphatic heterocycles. The molecule has 1 amide bonds. The normalized spacial score (nSPS) is 14.2. The fraction of sp³-hybridized carbons (Fsp3) is 0.500. The average Bonchev–Trinajstić information content (AvgIpc) is 2.49. The lowest BCUT2D eigenvalue weighted by Crippen LogP contribution is -2.36. The quantitative estimate of drug-likeness (QED) is 0.752. The van der Waals surface area contributed by atoms with Crippen LogP contribution in [0.25, 0.3) is 0 Å². The van der Waals surface area contributed by atoms with Gasteiger partial charge in [0.05, 0.1) is 19.1 Å². The summed E-state index contributed by atoms with van der Waals surface area (Å²) in [6.07, 6.45) is 0.953. The highest BCUT2D eigenvalue weighted by Crippen LogP contribution is 2.23. The minimum atomic E-state index is -0.461. The maximum atomic E-state index is 12.0. The molecule has 0 aromatic heterocycles. The number of hydrogen-bond donors (Lipinski definition) is 2. The fourth-order valence-corrected chi connectivity index (χ4v) is 2.08. The molecule has 3 atom stereocenters. The summed E-state index contributed by atoms with van der Waals surface area (Å²) < 4.78 is 4.78. The van der Waals surface area contributed by atoms with Crippen LogP contribution in [0.1, 0.15) is 38.3 Å². The number of halogens is 1. The van der Waals surface area contributed by atoms with Gasteiger partial charge in [-0.15, -0.1) is 12.4 Å². The van der Waals surface area contributed by atoms with Crippen LogP contribution in [0.5, 0.6) is 0 Å². The van der Waals surface area contributed by atoms with Crippen molar-refractivity contribution in [2.24, 2.45) is 11.7 Å². The van der Waals surface area contributed by atoms with Crippen molar-refractivity contribution in [3.63, 3.8) is 0 Å². The Morgan fingerprint density at radius 1 is 1.23 bits per heavy atom. The molecule has 124 valence electrons. The molecule has 0 heterocycles. The van der Waals surface area contributed by atoms with Gasteiger partial charge in [-0.3, -0.25) is 9.59 Å². The van der Waals surface area contributed by atoms with Gasteiger partial charge in [0.15, 0.2) is 0 Å². The largest absolute Gasteiger partial charge is 0.469 e. The van der Waals surface area contributed by atoms with Gasteiger partial charge in [0.2, 0.25) is 5.91 Å². The maximum Gasteiger partial charge on any atom is 0.310 e. The summed E-state index contributed by atoms with van der Waals surface area (Å²) in [5.41, 5.74) is 6.54. The Hall–Kier alpha value is -1.59. The highest BCUT2D eigenvalue weighted by Gasteiger charge is 2.27. The molecule has 0 fully saturated rings.